The second kappa shape index (κ2) is 10.5. The van der Waals surface area contributed by atoms with Crippen LogP contribution in [0.25, 0.3) is 0 Å². The van der Waals surface area contributed by atoms with Crippen molar-refractivity contribution in [1.82, 2.24) is 20.5 Å². The maximum Gasteiger partial charge on any atom is 0.191 e. The summed E-state index contributed by atoms with van der Waals surface area (Å²) in [5.74, 6) is 0.903. The van der Waals surface area contributed by atoms with Crippen LogP contribution in [0.15, 0.2) is 47.6 Å². The topological polar surface area (TPSA) is 65.0 Å². The van der Waals surface area contributed by atoms with Crippen molar-refractivity contribution in [3.63, 3.8) is 0 Å². The van der Waals surface area contributed by atoms with Gasteiger partial charge in [-0.15, -0.1) is 0 Å². The predicted octanol–water partition coefficient (Wildman–Crippen LogP) is 2.00. The van der Waals surface area contributed by atoms with Crippen LogP contribution in [0.1, 0.15) is 17.5 Å². The number of morpholine rings is 1. The van der Waals surface area contributed by atoms with E-state index in [-0.39, 0.29) is 11.9 Å². The SMILES string of the molecule is CN=C(NCc1ccc(CN2CCOCC2)cc1)NC1CCN(c2ncccc2F)C1. The predicted molar refractivity (Wildman–Crippen MR) is 121 cm³/mol. The standard InChI is InChI=1S/C23H31FN6O/c1-25-23(28-20-8-10-30(17-20)22-21(24)3-2-9-26-22)27-15-18-4-6-19(7-5-18)16-29-11-13-31-14-12-29/h2-7,9,20H,8,10-17H2,1H3,(H2,25,27,28). The van der Waals surface area contributed by atoms with Gasteiger partial charge in [-0.05, 0) is 29.7 Å². The van der Waals surface area contributed by atoms with Gasteiger partial charge in [0.25, 0.3) is 0 Å². The van der Waals surface area contributed by atoms with E-state index in [1.807, 2.05) is 4.90 Å². The second-order valence-corrected chi connectivity index (χ2v) is 8.02. The summed E-state index contributed by atoms with van der Waals surface area (Å²) in [4.78, 5) is 12.9. The van der Waals surface area contributed by atoms with E-state index in [9.17, 15) is 4.39 Å². The highest BCUT2D eigenvalue weighted by Crippen LogP contribution is 2.20. The lowest BCUT2D eigenvalue weighted by atomic mass is 10.1. The highest BCUT2D eigenvalue weighted by Gasteiger charge is 2.25. The van der Waals surface area contributed by atoms with Crippen LogP contribution in [-0.2, 0) is 17.8 Å². The molecule has 0 amide bonds. The van der Waals surface area contributed by atoms with E-state index in [4.69, 9.17) is 4.74 Å². The van der Waals surface area contributed by atoms with E-state index in [0.29, 0.717) is 18.9 Å². The Balaban J connectivity index is 1.24. The highest BCUT2D eigenvalue weighted by molar-refractivity contribution is 5.80. The van der Waals surface area contributed by atoms with Crippen LogP contribution in [0.4, 0.5) is 10.2 Å². The molecule has 2 aliphatic heterocycles. The minimum atomic E-state index is -0.275. The van der Waals surface area contributed by atoms with Gasteiger partial charge in [0.2, 0.25) is 0 Å². The lowest BCUT2D eigenvalue weighted by Gasteiger charge is -2.26. The third-order valence-corrected chi connectivity index (χ3v) is 5.78. The van der Waals surface area contributed by atoms with Crippen molar-refractivity contribution in [1.29, 1.82) is 0 Å². The summed E-state index contributed by atoms with van der Waals surface area (Å²) >= 11 is 0. The molecule has 166 valence electrons. The molecule has 31 heavy (non-hydrogen) atoms. The molecule has 0 radical (unpaired) electrons. The molecule has 0 bridgehead atoms. The molecule has 2 aromatic rings. The Morgan fingerprint density at radius 1 is 1.16 bits per heavy atom. The number of rotatable bonds is 6. The third kappa shape index (κ3) is 5.92. The zero-order valence-electron chi connectivity index (χ0n) is 18.1. The number of anilines is 1. The Morgan fingerprint density at radius 2 is 1.94 bits per heavy atom. The van der Waals surface area contributed by atoms with Gasteiger partial charge in [-0.25, -0.2) is 9.37 Å². The van der Waals surface area contributed by atoms with Crippen molar-refractivity contribution in [2.45, 2.75) is 25.6 Å². The van der Waals surface area contributed by atoms with E-state index in [1.54, 1.807) is 19.3 Å². The molecule has 2 saturated heterocycles. The van der Waals surface area contributed by atoms with Crippen molar-refractivity contribution < 1.29 is 9.13 Å². The second-order valence-electron chi connectivity index (χ2n) is 8.02. The fourth-order valence-electron chi connectivity index (χ4n) is 4.03. The van der Waals surface area contributed by atoms with Crippen molar-refractivity contribution in [2.24, 2.45) is 4.99 Å². The number of pyridine rings is 1. The lowest BCUT2D eigenvalue weighted by molar-refractivity contribution is 0.0342. The molecule has 2 N–H and O–H groups in total. The van der Waals surface area contributed by atoms with Crippen LogP contribution < -0.4 is 15.5 Å². The van der Waals surface area contributed by atoms with Crippen molar-refractivity contribution in [2.75, 3.05) is 51.3 Å². The summed E-state index contributed by atoms with van der Waals surface area (Å²) in [5.41, 5.74) is 2.53. The van der Waals surface area contributed by atoms with Crippen LogP contribution in [0.5, 0.6) is 0 Å². The average molecular weight is 427 g/mol. The van der Waals surface area contributed by atoms with Crippen LogP contribution in [0, 0.1) is 5.82 Å². The summed E-state index contributed by atoms with van der Waals surface area (Å²) in [5, 5.41) is 6.83. The molecule has 1 aromatic carbocycles. The number of nitrogens with one attached hydrogen (secondary N) is 2. The normalized spacial score (nSPS) is 20.1. The zero-order chi connectivity index (χ0) is 21.5. The van der Waals surface area contributed by atoms with Crippen molar-refractivity contribution in [3.8, 4) is 0 Å². The van der Waals surface area contributed by atoms with Gasteiger partial charge in [0, 0.05) is 58.6 Å². The number of halogens is 1. The number of ether oxygens (including phenoxy) is 1. The minimum Gasteiger partial charge on any atom is -0.379 e. The van der Waals surface area contributed by atoms with E-state index in [1.165, 1.54) is 17.2 Å². The summed E-state index contributed by atoms with van der Waals surface area (Å²) in [6.45, 7) is 6.78. The Kier molecular flexibility index (Phi) is 7.32. The largest absolute Gasteiger partial charge is 0.379 e. The minimum absolute atomic E-state index is 0.198. The summed E-state index contributed by atoms with van der Waals surface area (Å²) in [6, 6.07) is 12.0. The zero-order valence-corrected chi connectivity index (χ0v) is 18.1. The molecule has 1 atom stereocenters. The molecule has 8 heteroatoms. The smallest absolute Gasteiger partial charge is 0.191 e. The van der Waals surface area contributed by atoms with Gasteiger partial charge in [0.1, 0.15) is 0 Å². The van der Waals surface area contributed by atoms with Crippen LogP contribution >= 0.6 is 0 Å². The molecule has 1 unspecified atom stereocenters. The first-order chi connectivity index (χ1) is 15.2. The van der Waals surface area contributed by atoms with Crippen molar-refractivity contribution in [3.05, 3.63) is 59.5 Å². The van der Waals surface area contributed by atoms with E-state index in [0.717, 1.165) is 51.8 Å². The molecule has 4 rings (SSSR count). The Labute approximate surface area is 183 Å². The highest BCUT2D eigenvalue weighted by atomic mass is 19.1. The number of hydrogen-bond acceptors (Lipinski definition) is 5. The quantitative estimate of drug-likeness (QED) is 0.544. The first kappa shape index (κ1) is 21.5. The van der Waals surface area contributed by atoms with Crippen molar-refractivity contribution >= 4 is 11.8 Å². The average Bonchev–Trinajstić information content (AvgIpc) is 3.27. The number of guanidine groups is 1. The Bertz CT molecular complexity index is 869. The molecule has 0 saturated carbocycles. The van der Waals surface area contributed by atoms with E-state index < -0.39 is 0 Å². The molecular weight excluding hydrogens is 395 g/mol. The van der Waals surface area contributed by atoms with E-state index in [2.05, 4.69) is 49.8 Å². The summed E-state index contributed by atoms with van der Waals surface area (Å²) < 4.78 is 19.4. The molecule has 2 aliphatic rings. The molecule has 0 spiro atoms. The molecule has 7 nitrogen and oxygen atoms in total. The van der Waals surface area contributed by atoms with Gasteiger partial charge in [-0.3, -0.25) is 9.89 Å². The van der Waals surface area contributed by atoms with Gasteiger partial charge in [0.05, 0.1) is 13.2 Å². The van der Waals surface area contributed by atoms with Gasteiger partial charge in [-0.1, -0.05) is 24.3 Å². The molecule has 2 fully saturated rings. The number of aromatic nitrogens is 1. The van der Waals surface area contributed by atoms with E-state index >= 15 is 0 Å². The molecular formula is C23H31FN6O. The molecule has 0 aliphatic carbocycles. The molecule has 1 aromatic heterocycles. The number of aliphatic imine (C=N–C) groups is 1. The summed E-state index contributed by atoms with van der Waals surface area (Å²) in [7, 11) is 1.77. The van der Waals surface area contributed by atoms with Crippen LogP contribution in [0.2, 0.25) is 0 Å². The third-order valence-electron chi connectivity index (χ3n) is 5.78. The monoisotopic (exact) mass is 426 g/mol. The molecule has 3 heterocycles. The van der Waals surface area contributed by atoms with Gasteiger partial charge in [-0.2, -0.15) is 0 Å². The van der Waals surface area contributed by atoms with Gasteiger partial charge in [0.15, 0.2) is 17.6 Å². The first-order valence-electron chi connectivity index (χ1n) is 10.9. The Morgan fingerprint density at radius 3 is 2.68 bits per heavy atom. The Hall–Kier alpha value is -2.71. The number of benzene rings is 1. The fourth-order valence-corrected chi connectivity index (χ4v) is 4.03. The van der Waals surface area contributed by atoms with Gasteiger partial charge < -0.3 is 20.3 Å². The fraction of sp³-hybridized carbons (Fsp3) is 0.478. The first-order valence-corrected chi connectivity index (χ1v) is 10.9. The number of nitrogens with zero attached hydrogens (tertiary/aromatic N) is 4. The van der Waals surface area contributed by atoms with Gasteiger partial charge >= 0.3 is 0 Å². The number of hydrogen-bond donors (Lipinski definition) is 2. The van der Waals surface area contributed by atoms with Crippen LogP contribution in [0.3, 0.4) is 0 Å². The van der Waals surface area contributed by atoms with Crippen LogP contribution in [-0.4, -0.2) is 68.3 Å². The maximum atomic E-state index is 14.0. The lowest BCUT2D eigenvalue weighted by Crippen LogP contribution is -2.44. The maximum absolute atomic E-state index is 14.0. The summed E-state index contributed by atoms with van der Waals surface area (Å²) in [6.07, 6.45) is 2.54.